The molecule has 0 aliphatic heterocycles. The molecule has 0 bridgehead atoms. The van der Waals surface area contributed by atoms with Crippen LogP contribution in [0.25, 0.3) is 11.3 Å². The van der Waals surface area contributed by atoms with Gasteiger partial charge in [-0.25, -0.2) is 0 Å². The molecule has 2 aliphatic carbocycles. The molecule has 26 heavy (non-hydrogen) atoms. The van der Waals surface area contributed by atoms with Gasteiger partial charge in [0.2, 0.25) is 5.91 Å². The van der Waals surface area contributed by atoms with Crippen LogP contribution in [-0.2, 0) is 11.8 Å². The van der Waals surface area contributed by atoms with Gasteiger partial charge in [0.15, 0.2) is 5.76 Å². The number of nitrogens with zero attached hydrogens (tertiary/aromatic N) is 3. The third kappa shape index (κ3) is 3.55. The lowest BCUT2D eigenvalue weighted by Crippen LogP contribution is -2.32. The molecule has 0 aromatic carbocycles. The molecular formula is C20H28N4O2. The van der Waals surface area contributed by atoms with E-state index in [2.05, 4.69) is 17.4 Å². The molecule has 4 rings (SSSR count). The molecule has 2 atom stereocenters. The second kappa shape index (κ2) is 6.89. The number of rotatable bonds is 5. The summed E-state index contributed by atoms with van der Waals surface area (Å²) in [5.41, 5.74) is 3.07. The summed E-state index contributed by atoms with van der Waals surface area (Å²) in [5.74, 6) is 2.95. The van der Waals surface area contributed by atoms with Crippen molar-refractivity contribution in [3.63, 3.8) is 0 Å². The van der Waals surface area contributed by atoms with Gasteiger partial charge in [-0.1, -0.05) is 12.1 Å². The fourth-order valence-electron chi connectivity index (χ4n) is 4.19. The van der Waals surface area contributed by atoms with Gasteiger partial charge in [0.1, 0.15) is 0 Å². The maximum atomic E-state index is 12.0. The van der Waals surface area contributed by atoms with Crippen LogP contribution in [0.5, 0.6) is 0 Å². The highest BCUT2D eigenvalue weighted by Crippen LogP contribution is 2.40. The number of amides is 1. The SMILES string of the molecule is Cc1cc(-c2cn(C)nc2C2CCC(CNC(=O)[C@H]3C[C@@H]3C)CC2)on1. The molecule has 2 saturated carbocycles. The van der Waals surface area contributed by atoms with Crippen molar-refractivity contribution < 1.29 is 9.32 Å². The average molecular weight is 356 g/mol. The normalized spacial score (nSPS) is 28.1. The minimum Gasteiger partial charge on any atom is -0.356 e. The first kappa shape index (κ1) is 17.3. The highest BCUT2D eigenvalue weighted by atomic mass is 16.5. The number of aromatic nitrogens is 3. The Hall–Kier alpha value is -2.11. The summed E-state index contributed by atoms with van der Waals surface area (Å²) >= 11 is 0. The standard InChI is InChI=1S/C20H28N4O2/c1-12-8-16(12)20(25)21-10-14-4-6-15(7-5-14)19-17(11-24(3)22-19)18-9-13(2)23-26-18/h9,11-12,14-16H,4-8,10H2,1-3H3,(H,21,25)/t12-,14?,15?,16-/m0/s1. The van der Waals surface area contributed by atoms with Gasteiger partial charge in [-0.05, 0) is 50.9 Å². The first-order valence-corrected chi connectivity index (χ1v) is 9.76. The molecule has 140 valence electrons. The van der Waals surface area contributed by atoms with Gasteiger partial charge in [-0.3, -0.25) is 9.48 Å². The number of aryl methyl sites for hydroxylation is 2. The van der Waals surface area contributed by atoms with Gasteiger partial charge in [0.05, 0.1) is 17.0 Å². The van der Waals surface area contributed by atoms with Crippen molar-refractivity contribution in [2.45, 2.75) is 51.9 Å². The van der Waals surface area contributed by atoms with Gasteiger partial charge in [-0.15, -0.1) is 0 Å². The number of nitrogens with one attached hydrogen (secondary N) is 1. The van der Waals surface area contributed by atoms with E-state index in [0.717, 1.165) is 61.4 Å². The van der Waals surface area contributed by atoms with Crippen molar-refractivity contribution in [1.29, 1.82) is 0 Å². The quantitative estimate of drug-likeness (QED) is 0.891. The lowest BCUT2D eigenvalue weighted by molar-refractivity contribution is -0.122. The maximum absolute atomic E-state index is 12.0. The van der Waals surface area contributed by atoms with E-state index in [-0.39, 0.29) is 11.8 Å². The average Bonchev–Trinajstić information content (AvgIpc) is 3.02. The van der Waals surface area contributed by atoms with Crippen molar-refractivity contribution in [2.75, 3.05) is 6.54 Å². The minimum absolute atomic E-state index is 0.257. The smallest absolute Gasteiger partial charge is 0.223 e. The van der Waals surface area contributed by atoms with E-state index in [4.69, 9.17) is 9.62 Å². The summed E-state index contributed by atoms with van der Waals surface area (Å²) in [5, 5.41) is 11.9. The van der Waals surface area contributed by atoms with Crippen LogP contribution < -0.4 is 5.32 Å². The fourth-order valence-corrected chi connectivity index (χ4v) is 4.19. The lowest BCUT2D eigenvalue weighted by Gasteiger charge is -2.28. The molecular weight excluding hydrogens is 328 g/mol. The molecule has 2 aromatic heterocycles. The predicted octanol–water partition coefficient (Wildman–Crippen LogP) is 3.43. The van der Waals surface area contributed by atoms with E-state index in [1.165, 1.54) is 0 Å². The Bertz CT molecular complexity index is 786. The van der Waals surface area contributed by atoms with Crippen molar-refractivity contribution in [3.8, 4) is 11.3 Å². The molecule has 0 radical (unpaired) electrons. The second-order valence-electron chi connectivity index (χ2n) is 8.22. The zero-order valence-electron chi connectivity index (χ0n) is 15.9. The first-order valence-electron chi connectivity index (χ1n) is 9.76. The van der Waals surface area contributed by atoms with Crippen LogP contribution in [0, 0.1) is 24.7 Å². The Kier molecular flexibility index (Phi) is 4.59. The summed E-state index contributed by atoms with van der Waals surface area (Å²) < 4.78 is 7.33. The number of hydrogen-bond acceptors (Lipinski definition) is 4. The van der Waals surface area contributed by atoms with Crippen molar-refractivity contribution in [3.05, 3.63) is 23.7 Å². The van der Waals surface area contributed by atoms with Crippen LogP contribution in [0.15, 0.2) is 16.8 Å². The van der Waals surface area contributed by atoms with E-state index < -0.39 is 0 Å². The zero-order chi connectivity index (χ0) is 18.3. The Morgan fingerprint density at radius 3 is 2.69 bits per heavy atom. The van der Waals surface area contributed by atoms with Crippen LogP contribution in [0.4, 0.5) is 0 Å². The van der Waals surface area contributed by atoms with Gasteiger partial charge in [0, 0.05) is 37.7 Å². The summed E-state index contributed by atoms with van der Waals surface area (Å²) in [6.45, 7) is 4.91. The topological polar surface area (TPSA) is 73.0 Å². The first-order chi connectivity index (χ1) is 12.5. The molecule has 0 saturated heterocycles. The van der Waals surface area contributed by atoms with E-state index in [1.54, 1.807) is 0 Å². The van der Waals surface area contributed by atoms with E-state index >= 15 is 0 Å². The number of carbonyl (C=O) groups is 1. The van der Waals surface area contributed by atoms with Crippen LogP contribution >= 0.6 is 0 Å². The molecule has 0 unspecified atom stereocenters. The third-order valence-electron chi connectivity index (χ3n) is 6.00. The summed E-state index contributed by atoms with van der Waals surface area (Å²) in [4.78, 5) is 12.0. The fraction of sp³-hybridized carbons (Fsp3) is 0.650. The monoisotopic (exact) mass is 356 g/mol. The molecule has 2 aliphatic rings. The Morgan fingerprint density at radius 2 is 2.08 bits per heavy atom. The molecule has 2 aromatic rings. The van der Waals surface area contributed by atoms with E-state index in [0.29, 0.717) is 17.8 Å². The molecule has 6 heteroatoms. The van der Waals surface area contributed by atoms with Crippen LogP contribution in [0.2, 0.25) is 0 Å². The molecule has 2 heterocycles. The zero-order valence-corrected chi connectivity index (χ0v) is 15.9. The van der Waals surface area contributed by atoms with E-state index in [1.807, 2.05) is 30.9 Å². The van der Waals surface area contributed by atoms with E-state index in [9.17, 15) is 4.79 Å². The van der Waals surface area contributed by atoms with Crippen molar-refractivity contribution >= 4 is 5.91 Å². The van der Waals surface area contributed by atoms with Crippen LogP contribution in [0.3, 0.4) is 0 Å². The lowest BCUT2D eigenvalue weighted by atomic mass is 9.79. The molecule has 6 nitrogen and oxygen atoms in total. The predicted molar refractivity (Wildman–Crippen MR) is 98.4 cm³/mol. The van der Waals surface area contributed by atoms with Crippen LogP contribution in [-0.4, -0.2) is 27.4 Å². The molecule has 1 amide bonds. The summed E-state index contributed by atoms with van der Waals surface area (Å²) in [7, 11) is 1.95. The number of hydrogen-bond donors (Lipinski definition) is 1. The van der Waals surface area contributed by atoms with Gasteiger partial charge < -0.3 is 9.84 Å². The Balaban J connectivity index is 1.35. The largest absolute Gasteiger partial charge is 0.356 e. The van der Waals surface area contributed by atoms with Crippen molar-refractivity contribution in [1.82, 2.24) is 20.3 Å². The van der Waals surface area contributed by atoms with Gasteiger partial charge in [0.25, 0.3) is 0 Å². The third-order valence-corrected chi connectivity index (χ3v) is 6.00. The summed E-state index contributed by atoms with van der Waals surface area (Å²) in [6, 6.07) is 1.97. The Labute approximate surface area is 154 Å². The maximum Gasteiger partial charge on any atom is 0.223 e. The summed E-state index contributed by atoms with van der Waals surface area (Å²) in [6.07, 6.45) is 7.57. The molecule has 1 N–H and O–H groups in total. The second-order valence-corrected chi connectivity index (χ2v) is 8.22. The van der Waals surface area contributed by atoms with Gasteiger partial charge >= 0.3 is 0 Å². The number of carbonyl (C=O) groups excluding carboxylic acids is 1. The minimum atomic E-state index is 0.257. The Morgan fingerprint density at radius 1 is 1.35 bits per heavy atom. The van der Waals surface area contributed by atoms with Crippen molar-refractivity contribution in [2.24, 2.45) is 24.8 Å². The highest BCUT2D eigenvalue weighted by Gasteiger charge is 2.39. The van der Waals surface area contributed by atoms with Crippen LogP contribution in [0.1, 0.15) is 56.3 Å². The molecule has 0 spiro atoms. The highest BCUT2D eigenvalue weighted by molar-refractivity contribution is 5.81. The van der Waals surface area contributed by atoms with Gasteiger partial charge in [-0.2, -0.15) is 5.10 Å². The molecule has 2 fully saturated rings.